The maximum absolute atomic E-state index is 14.3. The van der Waals surface area contributed by atoms with E-state index in [2.05, 4.69) is 5.32 Å². The molecular weight excluding hydrogens is 635 g/mol. The molecule has 1 aliphatic rings. The van der Waals surface area contributed by atoms with E-state index in [1.54, 1.807) is 24.3 Å². The normalized spacial score (nSPS) is 14.5. The highest BCUT2D eigenvalue weighted by Crippen LogP contribution is 2.32. The molecule has 1 N–H and O–H groups in total. The third-order valence-corrected chi connectivity index (χ3v) is 9.62. The van der Waals surface area contributed by atoms with Crippen LogP contribution in [-0.2, 0) is 26.1 Å². The van der Waals surface area contributed by atoms with E-state index in [1.807, 2.05) is 6.26 Å². The van der Waals surface area contributed by atoms with Gasteiger partial charge in [-0.1, -0.05) is 17.7 Å². The smallest absolute Gasteiger partial charge is 0.293 e. The summed E-state index contributed by atoms with van der Waals surface area (Å²) in [4.78, 5) is 26.2. The molecule has 0 bridgehead atoms. The average Bonchev–Trinajstić information content (AvgIpc) is 3.00. The molecule has 0 aromatic heterocycles. The number of sulfonamides is 1. The zero-order valence-electron chi connectivity index (χ0n) is 24.1. The number of rotatable bonds is 13. The second-order valence-electron chi connectivity index (χ2n) is 9.94. The van der Waals surface area contributed by atoms with Crippen molar-refractivity contribution in [2.75, 3.05) is 50.7 Å². The molecule has 0 spiro atoms. The Morgan fingerprint density at radius 2 is 1.95 bits per heavy atom. The van der Waals surface area contributed by atoms with E-state index in [9.17, 15) is 27.7 Å². The zero-order chi connectivity index (χ0) is 31.9. The van der Waals surface area contributed by atoms with Crippen LogP contribution in [0.4, 0.5) is 15.8 Å². The molecule has 4 rings (SSSR count). The van der Waals surface area contributed by atoms with Gasteiger partial charge in [-0.25, -0.2) is 12.8 Å². The Morgan fingerprint density at radius 3 is 2.64 bits per heavy atom. The number of morpholine rings is 1. The fraction of sp³-hybridized carbons (Fsp3) is 0.345. The van der Waals surface area contributed by atoms with E-state index >= 15 is 0 Å². The summed E-state index contributed by atoms with van der Waals surface area (Å²) >= 11 is 7.55. The number of nitro groups is 1. The summed E-state index contributed by atoms with van der Waals surface area (Å²) in [6, 6.07) is 13.4. The van der Waals surface area contributed by atoms with Gasteiger partial charge in [0.25, 0.3) is 5.69 Å². The Balaban J connectivity index is 1.57. The van der Waals surface area contributed by atoms with Crippen LogP contribution in [0.5, 0.6) is 11.5 Å². The van der Waals surface area contributed by atoms with Gasteiger partial charge in [-0.2, -0.15) is 16.1 Å². The molecule has 3 aromatic rings. The van der Waals surface area contributed by atoms with Crippen LogP contribution in [0.15, 0.2) is 65.6 Å². The van der Waals surface area contributed by atoms with Gasteiger partial charge < -0.3 is 19.7 Å². The van der Waals surface area contributed by atoms with Gasteiger partial charge in [0.05, 0.1) is 23.0 Å². The molecule has 0 aliphatic carbocycles. The lowest BCUT2D eigenvalue weighted by atomic mass is 10.1. The first kappa shape index (κ1) is 33.5. The van der Waals surface area contributed by atoms with Crippen molar-refractivity contribution in [1.82, 2.24) is 9.21 Å². The molecule has 1 aliphatic heterocycles. The van der Waals surface area contributed by atoms with E-state index in [0.29, 0.717) is 34.3 Å². The van der Waals surface area contributed by atoms with Crippen molar-refractivity contribution in [2.24, 2.45) is 0 Å². The van der Waals surface area contributed by atoms with Gasteiger partial charge in [-0.05, 0) is 67.0 Å². The summed E-state index contributed by atoms with van der Waals surface area (Å²) in [5.74, 6) is 0.396. The molecule has 1 unspecified atom stereocenters. The number of hydrogen-bond donors (Lipinski definition) is 1. The first-order valence-corrected chi connectivity index (χ1v) is 16.8. The number of nitrogens with zero attached hydrogens (tertiary/aromatic N) is 3. The van der Waals surface area contributed by atoms with Gasteiger partial charge in [0.15, 0.2) is 0 Å². The number of anilines is 1. The first-order valence-electron chi connectivity index (χ1n) is 13.6. The number of hydrogen-bond acceptors (Lipinski definition) is 9. The second kappa shape index (κ2) is 15.0. The molecule has 1 atom stereocenters. The lowest BCUT2D eigenvalue weighted by Crippen LogP contribution is -2.41. The highest BCUT2D eigenvalue weighted by atomic mass is 35.5. The number of benzene rings is 3. The lowest BCUT2D eigenvalue weighted by Gasteiger charge is -2.27. The number of nitro benzene ring substituents is 1. The number of halogens is 2. The predicted molar refractivity (Wildman–Crippen MR) is 167 cm³/mol. The van der Waals surface area contributed by atoms with Crippen LogP contribution < -0.4 is 10.1 Å². The molecule has 1 amide bonds. The van der Waals surface area contributed by atoms with E-state index in [4.69, 9.17) is 21.1 Å². The molecule has 1 saturated heterocycles. The van der Waals surface area contributed by atoms with Gasteiger partial charge in [-0.3, -0.25) is 14.9 Å². The number of amides is 1. The van der Waals surface area contributed by atoms with Gasteiger partial charge in [0.2, 0.25) is 15.9 Å². The summed E-state index contributed by atoms with van der Waals surface area (Å²) in [6.07, 6.45) is 2.18. The largest absolute Gasteiger partial charge is 0.457 e. The Hall–Kier alpha value is -3.43. The molecular formula is C29H32ClFN4O7S2. The molecule has 44 heavy (non-hydrogen) atoms. The Bertz CT molecular complexity index is 1610. The SMILES string of the molecule is CSCCC(Nc1ccc(S(=O)(=O)N2CCOCC2)cc1[N+](=O)[O-])C(=O)N(C)Cc1cc(F)ccc1Oc1cccc(Cl)c1. The standard InChI is InChI=1S/C29H32ClFN4O7S2/c1-33(19-20-16-22(31)6-9-28(20)42-23-5-3-4-21(30)17-23)29(36)26(10-15-43-2)32-25-8-7-24(18-27(25)35(37)38)44(39,40)34-11-13-41-14-12-34/h3-9,16-18,26,32H,10-15,19H2,1-2H3. The van der Waals surface area contributed by atoms with Gasteiger partial charge >= 0.3 is 0 Å². The minimum absolute atomic E-state index is 0.000449. The van der Waals surface area contributed by atoms with Crippen LogP contribution in [0, 0.1) is 15.9 Å². The number of likely N-dealkylation sites (N-methyl/N-ethyl adjacent to an activating group) is 1. The molecule has 236 valence electrons. The Morgan fingerprint density at radius 1 is 1.20 bits per heavy atom. The van der Waals surface area contributed by atoms with Crippen molar-refractivity contribution < 1.29 is 32.0 Å². The fourth-order valence-corrected chi connectivity index (χ4v) is 6.67. The van der Waals surface area contributed by atoms with Crippen molar-refractivity contribution in [3.8, 4) is 11.5 Å². The van der Waals surface area contributed by atoms with Crippen LogP contribution in [0.25, 0.3) is 0 Å². The monoisotopic (exact) mass is 666 g/mol. The maximum Gasteiger partial charge on any atom is 0.293 e. The second-order valence-corrected chi connectivity index (χ2v) is 13.3. The van der Waals surface area contributed by atoms with Gasteiger partial charge in [-0.15, -0.1) is 0 Å². The summed E-state index contributed by atoms with van der Waals surface area (Å²) in [5, 5.41) is 15.5. The summed E-state index contributed by atoms with van der Waals surface area (Å²) in [6.45, 7) is 0.730. The third-order valence-electron chi connectivity index (χ3n) is 6.84. The molecule has 0 saturated carbocycles. The lowest BCUT2D eigenvalue weighted by molar-refractivity contribution is -0.384. The van der Waals surface area contributed by atoms with E-state index < -0.39 is 38.4 Å². The molecule has 1 fully saturated rings. The van der Waals surface area contributed by atoms with Crippen LogP contribution in [-0.4, -0.2) is 79.9 Å². The summed E-state index contributed by atoms with van der Waals surface area (Å²) in [7, 11) is -2.44. The molecule has 1 heterocycles. The van der Waals surface area contributed by atoms with Crippen LogP contribution in [0.1, 0.15) is 12.0 Å². The average molecular weight is 667 g/mol. The van der Waals surface area contributed by atoms with Crippen molar-refractivity contribution in [3.05, 3.63) is 87.2 Å². The predicted octanol–water partition coefficient (Wildman–Crippen LogP) is 5.39. The molecule has 0 radical (unpaired) electrons. The number of thioether (sulfide) groups is 1. The third kappa shape index (κ3) is 8.39. The number of ether oxygens (including phenoxy) is 2. The Labute approximate surface area is 264 Å². The Kier molecular flexibility index (Phi) is 11.4. The minimum Gasteiger partial charge on any atom is -0.457 e. The quantitative estimate of drug-likeness (QED) is 0.188. The highest BCUT2D eigenvalue weighted by molar-refractivity contribution is 7.98. The topological polar surface area (TPSA) is 131 Å². The molecule has 11 nitrogen and oxygen atoms in total. The van der Waals surface area contributed by atoms with Crippen LogP contribution in [0.2, 0.25) is 5.02 Å². The van der Waals surface area contributed by atoms with Crippen LogP contribution in [0.3, 0.4) is 0 Å². The van der Waals surface area contributed by atoms with E-state index in [1.165, 1.54) is 58.3 Å². The van der Waals surface area contributed by atoms with Gasteiger partial charge in [0.1, 0.15) is 29.0 Å². The van der Waals surface area contributed by atoms with Crippen molar-refractivity contribution in [1.29, 1.82) is 0 Å². The molecule has 15 heteroatoms. The highest BCUT2D eigenvalue weighted by Gasteiger charge is 2.31. The van der Waals surface area contributed by atoms with E-state index in [-0.39, 0.29) is 43.4 Å². The molecule has 3 aromatic carbocycles. The van der Waals surface area contributed by atoms with E-state index in [0.717, 1.165) is 6.07 Å². The minimum atomic E-state index is -3.98. The van der Waals surface area contributed by atoms with Gasteiger partial charge in [0, 0.05) is 43.3 Å². The zero-order valence-corrected chi connectivity index (χ0v) is 26.5. The first-order chi connectivity index (χ1) is 21.0. The number of carbonyl (C=O) groups is 1. The number of carbonyl (C=O) groups excluding carboxylic acids is 1. The fourth-order valence-electron chi connectivity index (χ4n) is 4.59. The van der Waals surface area contributed by atoms with Crippen molar-refractivity contribution in [2.45, 2.75) is 23.9 Å². The van der Waals surface area contributed by atoms with Crippen molar-refractivity contribution >= 4 is 50.7 Å². The maximum atomic E-state index is 14.3. The summed E-state index contributed by atoms with van der Waals surface area (Å²) in [5.41, 5.74) is -0.0844. The van der Waals surface area contributed by atoms with Crippen LogP contribution >= 0.6 is 23.4 Å². The number of nitrogens with one attached hydrogen (secondary N) is 1. The van der Waals surface area contributed by atoms with Crippen molar-refractivity contribution in [3.63, 3.8) is 0 Å². The summed E-state index contributed by atoms with van der Waals surface area (Å²) < 4.78 is 52.9.